The second kappa shape index (κ2) is 4.90. The van der Waals surface area contributed by atoms with Crippen LogP contribution in [0.3, 0.4) is 0 Å². The lowest BCUT2D eigenvalue weighted by Crippen LogP contribution is -2.36. The van der Waals surface area contributed by atoms with Crippen LogP contribution < -0.4 is 5.32 Å². The predicted molar refractivity (Wildman–Crippen MR) is 66.3 cm³/mol. The molecule has 0 aliphatic carbocycles. The Bertz CT molecular complexity index is 350. The second-order valence-electron chi connectivity index (χ2n) is 3.82. The Kier molecular flexibility index (Phi) is 3.54. The van der Waals surface area contributed by atoms with Crippen molar-refractivity contribution in [2.75, 3.05) is 6.54 Å². The van der Waals surface area contributed by atoms with E-state index in [1.165, 1.54) is 18.4 Å². The van der Waals surface area contributed by atoms with Gasteiger partial charge in [0.2, 0.25) is 0 Å². The van der Waals surface area contributed by atoms with Gasteiger partial charge in [0.25, 0.3) is 0 Å². The van der Waals surface area contributed by atoms with Crippen molar-refractivity contribution in [1.29, 1.82) is 0 Å². The van der Waals surface area contributed by atoms with E-state index in [0.29, 0.717) is 11.1 Å². The molecule has 1 fully saturated rings. The number of nitrogens with one attached hydrogen (secondary N) is 1. The van der Waals surface area contributed by atoms with Crippen molar-refractivity contribution in [2.24, 2.45) is 5.92 Å². The molecule has 15 heavy (non-hydrogen) atoms. The third-order valence-electron chi connectivity index (χ3n) is 2.67. The van der Waals surface area contributed by atoms with Gasteiger partial charge in [-0.1, -0.05) is 29.9 Å². The SMILES string of the molecule is S=C1NCCCC1Cc1ccc(Cl)nc1. The number of piperidine rings is 1. The first-order valence-corrected chi connectivity index (χ1v) is 5.92. The Morgan fingerprint density at radius 2 is 2.40 bits per heavy atom. The largest absolute Gasteiger partial charge is 0.379 e. The molecule has 2 nitrogen and oxygen atoms in total. The van der Waals surface area contributed by atoms with Crippen LogP contribution in [0.2, 0.25) is 5.15 Å². The second-order valence-corrected chi connectivity index (χ2v) is 4.65. The van der Waals surface area contributed by atoms with E-state index >= 15 is 0 Å². The number of hydrogen-bond acceptors (Lipinski definition) is 2. The average Bonchev–Trinajstić information content (AvgIpc) is 2.25. The van der Waals surface area contributed by atoms with Gasteiger partial charge < -0.3 is 5.32 Å². The normalized spacial score (nSPS) is 21.1. The van der Waals surface area contributed by atoms with E-state index in [1.54, 1.807) is 0 Å². The molecule has 1 aromatic heterocycles. The summed E-state index contributed by atoms with van der Waals surface area (Å²) < 4.78 is 0. The molecule has 1 unspecified atom stereocenters. The van der Waals surface area contributed by atoms with Crippen molar-refractivity contribution < 1.29 is 0 Å². The van der Waals surface area contributed by atoms with Crippen LogP contribution in [-0.4, -0.2) is 16.5 Å². The molecule has 1 aliphatic heterocycles. The van der Waals surface area contributed by atoms with Gasteiger partial charge in [0.15, 0.2) is 0 Å². The van der Waals surface area contributed by atoms with Crippen LogP contribution in [0.4, 0.5) is 0 Å². The first-order chi connectivity index (χ1) is 7.25. The Labute approximate surface area is 100 Å². The van der Waals surface area contributed by atoms with Crippen LogP contribution in [-0.2, 0) is 6.42 Å². The summed E-state index contributed by atoms with van der Waals surface area (Å²) in [4.78, 5) is 5.07. The number of nitrogens with zero attached hydrogens (tertiary/aromatic N) is 1. The summed E-state index contributed by atoms with van der Waals surface area (Å²) in [6, 6.07) is 3.85. The van der Waals surface area contributed by atoms with Gasteiger partial charge >= 0.3 is 0 Å². The van der Waals surface area contributed by atoms with E-state index < -0.39 is 0 Å². The summed E-state index contributed by atoms with van der Waals surface area (Å²) in [5, 5.41) is 3.79. The molecule has 0 saturated carbocycles. The lowest BCUT2D eigenvalue weighted by Gasteiger charge is -2.24. The van der Waals surface area contributed by atoms with Crippen molar-refractivity contribution >= 4 is 28.8 Å². The number of rotatable bonds is 2. The molecule has 1 aliphatic rings. The highest BCUT2D eigenvalue weighted by atomic mass is 35.5. The predicted octanol–water partition coefficient (Wildman–Crippen LogP) is 2.60. The topological polar surface area (TPSA) is 24.9 Å². The summed E-state index contributed by atoms with van der Waals surface area (Å²) in [6.45, 7) is 1.02. The Morgan fingerprint density at radius 1 is 1.53 bits per heavy atom. The number of pyridine rings is 1. The van der Waals surface area contributed by atoms with Gasteiger partial charge in [-0.25, -0.2) is 4.98 Å². The van der Waals surface area contributed by atoms with Crippen LogP contribution in [0.1, 0.15) is 18.4 Å². The third-order valence-corrected chi connectivity index (χ3v) is 3.37. The summed E-state index contributed by atoms with van der Waals surface area (Å²) in [5.41, 5.74) is 1.20. The molecule has 2 rings (SSSR count). The minimum atomic E-state index is 0.469. The smallest absolute Gasteiger partial charge is 0.129 e. The zero-order valence-electron chi connectivity index (χ0n) is 8.37. The van der Waals surface area contributed by atoms with E-state index in [9.17, 15) is 0 Å². The summed E-state index contributed by atoms with van der Waals surface area (Å²) in [5.74, 6) is 0.469. The zero-order chi connectivity index (χ0) is 10.7. The highest BCUT2D eigenvalue weighted by molar-refractivity contribution is 7.80. The number of halogens is 1. The molecular formula is C11H13ClN2S. The summed E-state index contributed by atoms with van der Waals surface area (Å²) >= 11 is 11.0. The molecule has 2 heterocycles. The Morgan fingerprint density at radius 3 is 3.07 bits per heavy atom. The highest BCUT2D eigenvalue weighted by Gasteiger charge is 2.18. The summed E-state index contributed by atoms with van der Waals surface area (Å²) in [7, 11) is 0. The fraction of sp³-hybridized carbons (Fsp3) is 0.455. The minimum absolute atomic E-state index is 0.469. The van der Waals surface area contributed by atoms with E-state index in [0.717, 1.165) is 18.0 Å². The number of aromatic nitrogens is 1. The van der Waals surface area contributed by atoms with Gasteiger partial charge in [-0.3, -0.25) is 0 Å². The summed E-state index contributed by atoms with van der Waals surface area (Å²) in [6.07, 6.45) is 5.18. The zero-order valence-corrected chi connectivity index (χ0v) is 9.94. The van der Waals surface area contributed by atoms with Gasteiger partial charge in [0, 0.05) is 18.7 Å². The first-order valence-electron chi connectivity index (χ1n) is 5.14. The minimum Gasteiger partial charge on any atom is -0.379 e. The van der Waals surface area contributed by atoms with Crippen molar-refractivity contribution in [3.8, 4) is 0 Å². The standard InChI is InChI=1S/C11H13ClN2S/c12-10-4-3-8(7-14-10)6-9-2-1-5-13-11(9)15/h3-4,7,9H,1-2,5-6H2,(H,13,15). The van der Waals surface area contributed by atoms with Crippen molar-refractivity contribution in [3.63, 3.8) is 0 Å². The van der Waals surface area contributed by atoms with Crippen molar-refractivity contribution in [1.82, 2.24) is 10.3 Å². The van der Waals surface area contributed by atoms with Gasteiger partial charge in [-0.2, -0.15) is 0 Å². The molecule has 0 radical (unpaired) electrons. The molecule has 1 atom stereocenters. The molecule has 0 bridgehead atoms. The van der Waals surface area contributed by atoms with Crippen LogP contribution >= 0.6 is 23.8 Å². The van der Waals surface area contributed by atoms with Crippen LogP contribution in [0, 0.1) is 5.92 Å². The molecule has 0 amide bonds. The van der Waals surface area contributed by atoms with Gasteiger partial charge in [0.05, 0.1) is 4.99 Å². The number of thiocarbonyl (C=S) groups is 1. The Balaban J connectivity index is 2.01. The third kappa shape index (κ3) is 2.89. The fourth-order valence-corrected chi connectivity index (χ4v) is 2.26. The fourth-order valence-electron chi connectivity index (χ4n) is 1.84. The van der Waals surface area contributed by atoms with Gasteiger partial charge in [0.1, 0.15) is 5.15 Å². The maximum absolute atomic E-state index is 5.73. The van der Waals surface area contributed by atoms with Gasteiger partial charge in [-0.05, 0) is 30.9 Å². The van der Waals surface area contributed by atoms with E-state index in [2.05, 4.69) is 10.3 Å². The number of hydrogen-bond donors (Lipinski definition) is 1. The lowest BCUT2D eigenvalue weighted by molar-refractivity contribution is 0.532. The molecule has 1 aromatic rings. The molecule has 1 saturated heterocycles. The van der Waals surface area contributed by atoms with E-state index in [-0.39, 0.29) is 0 Å². The lowest BCUT2D eigenvalue weighted by atomic mass is 9.93. The maximum atomic E-state index is 5.73. The van der Waals surface area contributed by atoms with E-state index in [4.69, 9.17) is 23.8 Å². The monoisotopic (exact) mass is 240 g/mol. The molecular weight excluding hydrogens is 228 g/mol. The van der Waals surface area contributed by atoms with Crippen LogP contribution in [0.5, 0.6) is 0 Å². The van der Waals surface area contributed by atoms with E-state index in [1.807, 2.05) is 18.3 Å². The molecule has 80 valence electrons. The van der Waals surface area contributed by atoms with Crippen LogP contribution in [0.15, 0.2) is 18.3 Å². The van der Waals surface area contributed by atoms with Gasteiger partial charge in [-0.15, -0.1) is 0 Å². The van der Waals surface area contributed by atoms with Crippen molar-refractivity contribution in [2.45, 2.75) is 19.3 Å². The maximum Gasteiger partial charge on any atom is 0.129 e. The average molecular weight is 241 g/mol. The van der Waals surface area contributed by atoms with Crippen molar-refractivity contribution in [3.05, 3.63) is 29.0 Å². The quantitative estimate of drug-likeness (QED) is 0.636. The van der Waals surface area contributed by atoms with Crippen LogP contribution in [0.25, 0.3) is 0 Å². The first kappa shape index (κ1) is 10.8. The molecule has 0 aromatic carbocycles. The molecule has 0 spiro atoms. The Hall–Kier alpha value is -0.670. The molecule has 1 N–H and O–H groups in total. The molecule has 4 heteroatoms. The highest BCUT2D eigenvalue weighted by Crippen LogP contribution is 2.18.